The van der Waals surface area contributed by atoms with Crippen molar-refractivity contribution in [1.29, 1.82) is 0 Å². The predicted molar refractivity (Wildman–Crippen MR) is 119 cm³/mol. The van der Waals surface area contributed by atoms with Gasteiger partial charge in [-0.15, -0.1) is 0 Å². The third-order valence-electron chi connectivity index (χ3n) is 5.03. The number of nitrogens with one attached hydrogen (secondary N) is 1. The molecule has 1 N–H and O–H groups in total. The lowest BCUT2D eigenvalue weighted by atomic mass is 10.1. The molecule has 8 nitrogen and oxygen atoms in total. The lowest BCUT2D eigenvalue weighted by Gasteiger charge is -2.10. The Balaban J connectivity index is 1.44. The van der Waals surface area contributed by atoms with Gasteiger partial charge in [0.2, 0.25) is 6.79 Å². The third kappa shape index (κ3) is 3.81. The molecule has 1 aliphatic heterocycles. The van der Waals surface area contributed by atoms with Gasteiger partial charge in [-0.1, -0.05) is 48.5 Å². The molecule has 0 aliphatic carbocycles. The van der Waals surface area contributed by atoms with Crippen LogP contribution in [0.1, 0.15) is 21.6 Å². The van der Waals surface area contributed by atoms with Crippen LogP contribution in [-0.4, -0.2) is 28.7 Å². The van der Waals surface area contributed by atoms with E-state index in [0.717, 1.165) is 11.1 Å². The highest BCUT2D eigenvalue weighted by atomic mass is 16.7. The zero-order valence-corrected chi connectivity index (χ0v) is 16.9. The molecule has 0 radical (unpaired) electrons. The first kappa shape index (κ1) is 19.5. The zero-order valence-electron chi connectivity index (χ0n) is 16.9. The monoisotopic (exact) mass is 426 g/mol. The van der Waals surface area contributed by atoms with E-state index in [1.165, 1.54) is 10.9 Å². The number of hydrogen-bond donors (Lipinski definition) is 1. The Morgan fingerprint density at radius 3 is 2.59 bits per heavy atom. The quantitative estimate of drug-likeness (QED) is 0.391. The molecule has 8 heteroatoms. The Bertz CT molecular complexity index is 1400. The molecule has 0 bridgehead atoms. The Labute approximate surface area is 182 Å². The second-order valence-corrected chi connectivity index (χ2v) is 7.15. The number of hydrazone groups is 1. The highest BCUT2D eigenvalue weighted by Crippen LogP contribution is 2.31. The first-order valence-electron chi connectivity index (χ1n) is 9.96. The maximum absolute atomic E-state index is 12.9. The van der Waals surface area contributed by atoms with E-state index in [0.29, 0.717) is 22.3 Å². The van der Waals surface area contributed by atoms with Gasteiger partial charge < -0.3 is 9.47 Å². The Morgan fingerprint density at radius 2 is 1.75 bits per heavy atom. The van der Waals surface area contributed by atoms with E-state index in [-0.39, 0.29) is 24.6 Å². The van der Waals surface area contributed by atoms with Crippen LogP contribution in [0.25, 0.3) is 10.8 Å². The summed E-state index contributed by atoms with van der Waals surface area (Å²) in [6.07, 6.45) is 1.50. The Hall–Kier alpha value is -4.46. The normalized spacial score (nSPS) is 12.4. The highest BCUT2D eigenvalue weighted by Gasteiger charge is 2.17. The minimum absolute atomic E-state index is 0.124. The summed E-state index contributed by atoms with van der Waals surface area (Å²) in [7, 11) is 0. The van der Waals surface area contributed by atoms with Crippen LogP contribution in [0.4, 0.5) is 0 Å². The molecule has 0 spiro atoms. The average Bonchev–Trinajstić information content (AvgIpc) is 3.29. The number of ether oxygens (including phenoxy) is 2. The molecule has 0 unspecified atom stereocenters. The lowest BCUT2D eigenvalue weighted by molar-refractivity contribution is 0.0949. The van der Waals surface area contributed by atoms with Crippen LogP contribution in [0.2, 0.25) is 0 Å². The highest BCUT2D eigenvalue weighted by molar-refractivity contribution is 6.05. The van der Waals surface area contributed by atoms with Crippen LogP contribution < -0.4 is 20.5 Å². The van der Waals surface area contributed by atoms with Crippen molar-refractivity contribution in [3.63, 3.8) is 0 Å². The van der Waals surface area contributed by atoms with Crippen LogP contribution in [0.3, 0.4) is 0 Å². The number of benzene rings is 3. The number of fused-ring (bicyclic) bond motifs is 2. The molecule has 5 rings (SSSR count). The van der Waals surface area contributed by atoms with Gasteiger partial charge in [0.25, 0.3) is 11.5 Å². The van der Waals surface area contributed by atoms with Crippen molar-refractivity contribution in [1.82, 2.24) is 15.2 Å². The molecule has 0 fully saturated rings. The topological polar surface area (TPSA) is 94.8 Å². The molecule has 1 amide bonds. The van der Waals surface area contributed by atoms with Crippen molar-refractivity contribution < 1.29 is 14.3 Å². The number of amides is 1. The van der Waals surface area contributed by atoms with Gasteiger partial charge in [0.1, 0.15) is 0 Å². The SMILES string of the molecule is O=C(N/N=C/c1ccc2c(c1)OCO2)c1nn(Cc2ccccc2)c(=O)c2ccccc12. The molecule has 0 saturated heterocycles. The van der Waals surface area contributed by atoms with Crippen molar-refractivity contribution in [2.75, 3.05) is 6.79 Å². The molecule has 0 saturated carbocycles. The molecule has 1 aromatic heterocycles. The number of hydrogen-bond acceptors (Lipinski definition) is 6. The summed E-state index contributed by atoms with van der Waals surface area (Å²) in [6, 6.07) is 21.7. The van der Waals surface area contributed by atoms with E-state index in [1.54, 1.807) is 42.5 Å². The van der Waals surface area contributed by atoms with Gasteiger partial charge in [-0.05, 0) is 35.4 Å². The maximum Gasteiger partial charge on any atom is 0.292 e. The Kier molecular flexibility index (Phi) is 5.09. The first-order chi connectivity index (χ1) is 15.7. The molecule has 158 valence electrons. The van der Waals surface area contributed by atoms with Gasteiger partial charge >= 0.3 is 0 Å². The molecule has 0 atom stereocenters. The van der Waals surface area contributed by atoms with Crippen LogP contribution in [-0.2, 0) is 6.54 Å². The lowest BCUT2D eigenvalue weighted by Crippen LogP contribution is -2.29. The van der Waals surface area contributed by atoms with E-state index in [4.69, 9.17) is 9.47 Å². The molecule has 2 heterocycles. The van der Waals surface area contributed by atoms with E-state index in [9.17, 15) is 9.59 Å². The summed E-state index contributed by atoms with van der Waals surface area (Å²) in [4.78, 5) is 25.8. The second-order valence-electron chi connectivity index (χ2n) is 7.15. The van der Waals surface area contributed by atoms with Gasteiger partial charge in [-0.25, -0.2) is 10.1 Å². The first-order valence-corrected chi connectivity index (χ1v) is 9.96. The van der Waals surface area contributed by atoms with Crippen LogP contribution >= 0.6 is 0 Å². The summed E-state index contributed by atoms with van der Waals surface area (Å²) >= 11 is 0. The van der Waals surface area contributed by atoms with Crippen molar-refractivity contribution in [2.45, 2.75) is 6.54 Å². The Morgan fingerprint density at radius 1 is 1.00 bits per heavy atom. The summed E-state index contributed by atoms with van der Waals surface area (Å²) in [5, 5.41) is 9.28. The fourth-order valence-corrected chi connectivity index (χ4v) is 3.48. The second kappa shape index (κ2) is 8.35. The molecule has 3 aromatic carbocycles. The molecule has 1 aliphatic rings. The number of carbonyl (C=O) groups is 1. The van der Waals surface area contributed by atoms with Gasteiger partial charge in [-0.2, -0.15) is 10.2 Å². The van der Waals surface area contributed by atoms with Gasteiger partial charge in [0, 0.05) is 5.39 Å². The summed E-state index contributed by atoms with van der Waals surface area (Å²) in [5.74, 6) is 0.781. The molecule has 32 heavy (non-hydrogen) atoms. The number of carbonyl (C=O) groups excluding carboxylic acids is 1. The van der Waals surface area contributed by atoms with E-state index in [1.807, 2.05) is 30.3 Å². The largest absolute Gasteiger partial charge is 0.454 e. The minimum Gasteiger partial charge on any atom is -0.454 e. The summed E-state index contributed by atoms with van der Waals surface area (Å²) in [5.41, 5.74) is 4.01. The summed E-state index contributed by atoms with van der Waals surface area (Å²) in [6.45, 7) is 0.440. The fourth-order valence-electron chi connectivity index (χ4n) is 3.48. The molecular weight excluding hydrogens is 408 g/mol. The minimum atomic E-state index is -0.514. The van der Waals surface area contributed by atoms with Crippen LogP contribution in [0.5, 0.6) is 11.5 Å². The van der Waals surface area contributed by atoms with Crippen molar-refractivity contribution in [3.05, 3.63) is 100.0 Å². The number of aromatic nitrogens is 2. The number of nitrogens with zero attached hydrogens (tertiary/aromatic N) is 3. The average molecular weight is 426 g/mol. The molecule has 4 aromatic rings. The van der Waals surface area contributed by atoms with Crippen molar-refractivity contribution in [3.8, 4) is 11.5 Å². The number of rotatable bonds is 5. The van der Waals surface area contributed by atoms with E-state index < -0.39 is 5.91 Å². The zero-order chi connectivity index (χ0) is 21.9. The van der Waals surface area contributed by atoms with Crippen LogP contribution in [0.15, 0.2) is 82.7 Å². The van der Waals surface area contributed by atoms with Crippen molar-refractivity contribution in [2.24, 2.45) is 5.10 Å². The molecular formula is C24H18N4O4. The standard InChI is InChI=1S/C24H18N4O4/c29-23(26-25-13-17-10-11-20-21(12-17)32-15-31-20)22-18-8-4-5-9-19(18)24(30)28(27-22)14-16-6-2-1-3-7-16/h1-13H,14-15H2,(H,26,29)/b25-13+. The van der Waals surface area contributed by atoms with Gasteiger partial charge in [0.15, 0.2) is 17.2 Å². The fraction of sp³-hybridized carbons (Fsp3) is 0.0833. The maximum atomic E-state index is 12.9. The van der Waals surface area contributed by atoms with Gasteiger partial charge in [-0.3, -0.25) is 9.59 Å². The van der Waals surface area contributed by atoms with Gasteiger partial charge in [0.05, 0.1) is 18.1 Å². The smallest absolute Gasteiger partial charge is 0.292 e. The van der Waals surface area contributed by atoms with E-state index >= 15 is 0 Å². The van der Waals surface area contributed by atoms with Crippen molar-refractivity contribution >= 4 is 22.9 Å². The predicted octanol–water partition coefficient (Wildman–Crippen LogP) is 2.94. The third-order valence-corrected chi connectivity index (χ3v) is 5.03. The van der Waals surface area contributed by atoms with E-state index in [2.05, 4.69) is 15.6 Å². The summed E-state index contributed by atoms with van der Waals surface area (Å²) < 4.78 is 11.9. The van der Waals surface area contributed by atoms with Crippen LogP contribution in [0, 0.1) is 0 Å².